The molecule has 0 aliphatic carbocycles. The molecular formula is C18H14BrN3O3S. The van der Waals surface area contributed by atoms with Crippen LogP contribution in [0.3, 0.4) is 0 Å². The lowest BCUT2D eigenvalue weighted by molar-refractivity contribution is 0.102. The van der Waals surface area contributed by atoms with Crippen LogP contribution in [0.1, 0.15) is 16.1 Å². The van der Waals surface area contributed by atoms with E-state index in [2.05, 4.69) is 31.5 Å². The van der Waals surface area contributed by atoms with Gasteiger partial charge in [-0.3, -0.25) is 4.79 Å². The lowest BCUT2D eigenvalue weighted by Crippen LogP contribution is -2.12. The third kappa shape index (κ3) is 3.51. The highest BCUT2D eigenvalue weighted by Crippen LogP contribution is 2.35. The van der Waals surface area contributed by atoms with Crippen LogP contribution in [0.15, 0.2) is 46.3 Å². The van der Waals surface area contributed by atoms with Crippen molar-refractivity contribution in [1.82, 2.24) is 4.98 Å². The number of thiazole rings is 1. The van der Waals surface area contributed by atoms with E-state index in [0.29, 0.717) is 16.6 Å². The predicted molar refractivity (Wildman–Crippen MR) is 105 cm³/mol. The van der Waals surface area contributed by atoms with Gasteiger partial charge in [0.15, 0.2) is 16.6 Å². The van der Waals surface area contributed by atoms with Crippen molar-refractivity contribution in [2.45, 2.75) is 6.92 Å². The quantitative estimate of drug-likeness (QED) is 0.611. The normalized spacial score (nSPS) is 12.1. The molecule has 1 aromatic heterocycles. The van der Waals surface area contributed by atoms with Crippen molar-refractivity contribution in [2.24, 2.45) is 0 Å². The molecule has 132 valence electrons. The number of hydrogen-bond acceptors (Lipinski definition) is 6. The smallest absolute Gasteiger partial charge is 0.275 e. The molecule has 26 heavy (non-hydrogen) atoms. The van der Waals surface area contributed by atoms with Gasteiger partial charge in [-0.1, -0.05) is 15.9 Å². The standard InChI is InChI=1S/C18H14BrN3O3S/c1-10-6-11(2-4-13(10)19)20-17(23)14-8-26-18(22-14)21-12-3-5-15-16(7-12)25-9-24-15/h2-8H,9H2,1H3,(H,20,23)(H,21,22). The number of carbonyl (C=O) groups is 1. The number of ether oxygens (including phenoxy) is 2. The molecule has 8 heteroatoms. The van der Waals surface area contributed by atoms with Gasteiger partial charge in [-0.15, -0.1) is 11.3 Å². The molecule has 6 nitrogen and oxygen atoms in total. The summed E-state index contributed by atoms with van der Waals surface area (Å²) in [5.41, 5.74) is 2.96. The third-order valence-electron chi connectivity index (χ3n) is 3.78. The van der Waals surface area contributed by atoms with Crippen LogP contribution in [0.2, 0.25) is 0 Å². The van der Waals surface area contributed by atoms with E-state index in [0.717, 1.165) is 27.2 Å². The first-order valence-corrected chi connectivity index (χ1v) is 9.45. The molecule has 3 aromatic rings. The summed E-state index contributed by atoms with van der Waals surface area (Å²) in [6.45, 7) is 2.20. The lowest BCUT2D eigenvalue weighted by atomic mass is 10.2. The van der Waals surface area contributed by atoms with Crippen LogP contribution < -0.4 is 20.1 Å². The van der Waals surface area contributed by atoms with Crippen molar-refractivity contribution < 1.29 is 14.3 Å². The molecule has 1 amide bonds. The van der Waals surface area contributed by atoms with E-state index in [1.165, 1.54) is 11.3 Å². The Hall–Kier alpha value is -2.58. The molecule has 1 aliphatic rings. The summed E-state index contributed by atoms with van der Waals surface area (Å²) in [6.07, 6.45) is 0. The first-order chi connectivity index (χ1) is 12.6. The second kappa shape index (κ2) is 6.97. The first-order valence-electron chi connectivity index (χ1n) is 7.78. The van der Waals surface area contributed by atoms with E-state index in [1.54, 1.807) is 5.38 Å². The van der Waals surface area contributed by atoms with Gasteiger partial charge in [-0.25, -0.2) is 4.98 Å². The Morgan fingerprint density at radius 2 is 1.96 bits per heavy atom. The maximum atomic E-state index is 12.4. The molecule has 0 spiro atoms. The third-order valence-corrected chi connectivity index (χ3v) is 5.42. The van der Waals surface area contributed by atoms with E-state index in [1.807, 2.05) is 43.3 Å². The van der Waals surface area contributed by atoms with Gasteiger partial charge < -0.3 is 20.1 Å². The number of amides is 1. The summed E-state index contributed by atoms with van der Waals surface area (Å²) in [4.78, 5) is 16.7. The van der Waals surface area contributed by atoms with Crippen molar-refractivity contribution in [3.63, 3.8) is 0 Å². The average molecular weight is 432 g/mol. The van der Waals surface area contributed by atoms with Gasteiger partial charge in [-0.05, 0) is 42.8 Å². The fourth-order valence-electron chi connectivity index (χ4n) is 2.45. The van der Waals surface area contributed by atoms with Crippen LogP contribution in [0.5, 0.6) is 11.5 Å². The molecule has 0 unspecified atom stereocenters. The van der Waals surface area contributed by atoms with E-state index >= 15 is 0 Å². The molecule has 0 saturated carbocycles. The molecule has 4 rings (SSSR count). The van der Waals surface area contributed by atoms with Crippen molar-refractivity contribution in [1.29, 1.82) is 0 Å². The Labute approximate surface area is 162 Å². The van der Waals surface area contributed by atoms with E-state index in [9.17, 15) is 4.79 Å². The number of benzene rings is 2. The summed E-state index contributed by atoms with van der Waals surface area (Å²) in [5, 5.41) is 8.38. The Morgan fingerprint density at radius 3 is 2.81 bits per heavy atom. The molecule has 0 radical (unpaired) electrons. The number of aromatic nitrogens is 1. The molecule has 2 heterocycles. The van der Waals surface area contributed by atoms with E-state index < -0.39 is 0 Å². The zero-order valence-electron chi connectivity index (χ0n) is 13.7. The zero-order chi connectivity index (χ0) is 18.1. The summed E-state index contributed by atoms with van der Waals surface area (Å²) in [6, 6.07) is 11.2. The zero-order valence-corrected chi connectivity index (χ0v) is 16.1. The van der Waals surface area contributed by atoms with Gasteiger partial charge in [-0.2, -0.15) is 0 Å². The number of halogens is 1. The number of aryl methyl sites for hydroxylation is 1. The van der Waals surface area contributed by atoms with Crippen LogP contribution in [0, 0.1) is 6.92 Å². The number of fused-ring (bicyclic) bond motifs is 1. The Kier molecular flexibility index (Phi) is 4.52. The minimum absolute atomic E-state index is 0.232. The molecule has 2 N–H and O–H groups in total. The highest BCUT2D eigenvalue weighted by Gasteiger charge is 2.15. The Morgan fingerprint density at radius 1 is 1.15 bits per heavy atom. The average Bonchev–Trinajstić information content (AvgIpc) is 3.27. The molecule has 0 atom stereocenters. The topological polar surface area (TPSA) is 72.5 Å². The first kappa shape index (κ1) is 16.9. The summed E-state index contributed by atoms with van der Waals surface area (Å²) < 4.78 is 11.7. The van der Waals surface area contributed by atoms with Crippen LogP contribution in [-0.4, -0.2) is 17.7 Å². The molecule has 0 fully saturated rings. The number of carbonyl (C=O) groups excluding carboxylic acids is 1. The Bertz CT molecular complexity index is 990. The molecule has 0 bridgehead atoms. The van der Waals surface area contributed by atoms with Crippen LogP contribution in [0.25, 0.3) is 0 Å². The maximum absolute atomic E-state index is 12.4. The van der Waals surface area contributed by atoms with Gasteiger partial charge >= 0.3 is 0 Å². The van der Waals surface area contributed by atoms with Gasteiger partial charge in [0.05, 0.1) is 0 Å². The second-order valence-corrected chi connectivity index (χ2v) is 7.36. The molecule has 1 aliphatic heterocycles. The van der Waals surface area contributed by atoms with Crippen molar-refractivity contribution in [2.75, 3.05) is 17.4 Å². The minimum Gasteiger partial charge on any atom is -0.454 e. The number of nitrogens with zero attached hydrogens (tertiary/aromatic N) is 1. The van der Waals surface area contributed by atoms with Gasteiger partial charge in [0, 0.05) is 27.3 Å². The van der Waals surface area contributed by atoms with Crippen LogP contribution >= 0.6 is 27.3 Å². The highest BCUT2D eigenvalue weighted by atomic mass is 79.9. The maximum Gasteiger partial charge on any atom is 0.275 e. The van der Waals surface area contributed by atoms with Crippen molar-refractivity contribution in [3.05, 3.63) is 57.5 Å². The van der Waals surface area contributed by atoms with Crippen LogP contribution in [0.4, 0.5) is 16.5 Å². The summed E-state index contributed by atoms with van der Waals surface area (Å²) >= 11 is 4.81. The Balaban J connectivity index is 1.45. The monoisotopic (exact) mass is 431 g/mol. The van der Waals surface area contributed by atoms with Crippen molar-refractivity contribution in [3.8, 4) is 11.5 Å². The SMILES string of the molecule is Cc1cc(NC(=O)c2csc(Nc3ccc4c(c3)OCO4)n2)ccc1Br. The fourth-order valence-corrected chi connectivity index (χ4v) is 3.41. The van der Waals surface area contributed by atoms with Gasteiger partial charge in [0.1, 0.15) is 5.69 Å². The fraction of sp³-hybridized carbons (Fsp3) is 0.111. The number of anilines is 3. The van der Waals surface area contributed by atoms with E-state index in [4.69, 9.17) is 9.47 Å². The predicted octanol–water partition coefficient (Wildman–Crippen LogP) is 4.94. The lowest BCUT2D eigenvalue weighted by Gasteiger charge is -2.06. The summed E-state index contributed by atoms with van der Waals surface area (Å²) in [7, 11) is 0. The number of hydrogen-bond donors (Lipinski definition) is 2. The summed E-state index contributed by atoms with van der Waals surface area (Å²) in [5.74, 6) is 1.16. The van der Waals surface area contributed by atoms with Gasteiger partial charge in [0.25, 0.3) is 5.91 Å². The van der Waals surface area contributed by atoms with E-state index in [-0.39, 0.29) is 12.7 Å². The number of nitrogens with one attached hydrogen (secondary N) is 2. The minimum atomic E-state index is -0.248. The van der Waals surface area contributed by atoms with Gasteiger partial charge in [0.2, 0.25) is 6.79 Å². The molecule has 2 aromatic carbocycles. The highest BCUT2D eigenvalue weighted by molar-refractivity contribution is 9.10. The molecule has 0 saturated heterocycles. The van der Waals surface area contributed by atoms with Crippen molar-refractivity contribution >= 4 is 49.7 Å². The largest absolute Gasteiger partial charge is 0.454 e. The molecular weight excluding hydrogens is 418 g/mol. The van der Waals surface area contributed by atoms with Crippen LogP contribution in [-0.2, 0) is 0 Å². The second-order valence-electron chi connectivity index (χ2n) is 5.65. The number of rotatable bonds is 4.